The predicted octanol–water partition coefficient (Wildman–Crippen LogP) is 2.82. The molecule has 0 unspecified atom stereocenters. The molecule has 2 N–H and O–H groups in total. The van der Waals surface area contributed by atoms with Gasteiger partial charge >= 0.3 is 0 Å². The van der Waals surface area contributed by atoms with Gasteiger partial charge in [0, 0.05) is 25.0 Å². The Morgan fingerprint density at radius 3 is 2.69 bits per heavy atom. The number of ether oxygens (including phenoxy) is 1. The van der Waals surface area contributed by atoms with Crippen LogP contribution in [0.1, 0.15) is 35.7 Å². The third kappa shape index (κ3) is 6.99. The van der Waals surface area contributed by atoms with Gasteiger partial charge in [0.15, 0.2) is 0 Å². The van der Waals surface area contributed by atoms with Crippen LogP contribution in [0.2, 0.25) is 5.02 Å². The van der Waals surface area contributed by atoms with Crippen LogP contribution in [-0.4, -0.2) is 54.9 Å². The Labute approximate surface area is 193 Å². The fraction of sp³-hybridized carbons (Fsp3) is 0.375. The second-order valence-electron chi connectivity index (χ2n) is 7.81. The molecule has 3 rings (SSSR count). The van der Waals surface area contributed by atoms with Gasteiger partial charge in [0.25, 0.3) is 5.91 Å². The van der Waals surface area contributed by atoms with Crippen LogP contribution in [0, 0.1) is 0 Å². The van der Waals surface area contributed by atoms with Gasteiger partial charge in [0.05, 0.1) is 18.2 Å². The van der Waals surface area contributed by atoms with E-state index >= 15 is 0 Å². The monoisotopic (exact) mass is 457 g/mol. The third-order valence-electron chi connectivity index (χ3n) is 5.24. The molecule has 1 aliphatic heterocycles. The van der Waals surface area contributed by atoms with Gasteiger partial charge in [-0.15, -0.1) is 0 Å². The molecular weight excluding hydrogens is 430 g/mol. The number of nitrogens with one attached hydrogen (secondary N) is 2. The molecular formula is C24H28ClN3O4. The lowest BCUT2D eigenvalue weighted by Crippen LogP contribution is -2.46. The van der Waals surface area contributed by atoms with Crippen molar-refractivity contribution >= 4 is 29.3 Å². The maximum atomic E-state index is 12.7. The van der Waals surface area contributed by atoms with Crippen molar-refractivity contribution in [3.63, 3.8) is 0 Å². The summed E-state index contributed by atoms with van der Waals surface area (Å²) in [4.78, 5) is 38.9. The summed E-state index contributed by atoms with van der Waals surface area (Å²) in [6.07, 6.45) is 1.88. The molecule has 0 fully saturated rings. The summed E-state index contributed by atoms with van der Waals surface area (Å²) in [5, 5.41) is 6.30. The second kappa shape index (κ2) is 11.5. The lowest BCUT2D eigenvalue weighted by atomic mass is 10.1. The molecule has 0 radical (unpaired) electrons. The minimum Gasteiger partial charge on any atom is -0.491 e. The van der Waals surface area contributed by atoms with E-state index in [9.17, 15) is 14.4 Å². The molecule has 0 aliphatic carbocycles. The lowest BCUT2D eigenvalue weighted by Gasteiger charge is -2.24. The first-order chi connectivity index (χ1) is 15.4. The van der Waals surface area contributed by atoms with E-state index < -0.39 is 0 Å². The number of nitrogens with zero attached hydrogens (tertiary/aromatic N) is 1. The highest BCUT2D eigenvalue weighted by atomic mass is 35.5. The second-order valence-corrected chi connectivity index (χ2v) is 8.25. The zero-order valence-electron chi connectivity index (χ0n) is 18.1. The van der Waals surface area contributed by atoms with Crippen LogP contribution in [-0.2, 0) is 16.0 Å². The third-order valence-corrected chi connectivity index (χ3v) is 5.47. The summed E-state index contributed by atoms with van der Waals surface area (Å²) in [7, 11) is 0. The summed E-state index contributed by atoms with van der Waals surface area (Å²) < 4.78 is 5.98. The summed E-state index contributed by atoms with van der Waals surface area (Å²) in [6, 6.07) is 14.3. The smallest absolute Gasteiger partial charge is 0.255 e. The number of halogens is 1. The number of benzene rings is 2. The number of carbonyl (C=O) groups excluding carboxylic acids is 3. The van der Waals surface area contributed by atoms with Crippen molar-refractivity contribution in [2.45, 2.75) is 32.2 Å². The average Bonchev–Trinajstić information content (AvgIpc) is 2.77. The van der Waals surface area contributed by atoms with E-state index in [0.29, 0.717) is 48.7 Å². The van der Waals surface area contributed by atoms with Crippen LogP contribution in [0.25, 0.3) is 0 Å². The summed E-state index contributed by atoms with van der Waals surface area (Å²) in [5.41, 5.74) is 1.39. The maximum Gasteiger partial charge on any atom is 0.255 e. The standard InChI is InChI=1S/C24H28ClN3O4/c1-17(29)28-12-6-5-11-26-24(31)21-14-19(25)9-10-22(21)32-16-20(27-23(30)15-28)13-18-7-3-2-4-8-18/h2-4,7-10,14,20H,5-6,11-13,15-16H2,1H3,(H,26,31)(H,27,30)/t20-/m1/s1. The fourth-order valence-corrected chi connectivity index (χ4v) is 3.74. The van der Waals surface area contributed by atoms with Gasteiger partial charge in [-0.05, 0) is 43.0 Å². The Balaban J connectivity index is 1.84. The topological polar surface area (TPSA) is 87.7 Å². The number of rotatable bonds is 2. The van der Waals surface area contributed by atoms with Crippen molar-refractivity contribution in [2.24, 2.45) is 0 Å². The van der Waals surface area contributed by atoms with Gasteiger partial charge in [0.2, 0.25) is 11.8 Å². The highest BCUT2D eigenvalue weighted by Gasteiger charge is 2.20. The molecule has 7 nitrogen and oxygen atoms in total. The van der Waals surface area contributed by atoms with Crippen LogP contribution in [0.3, 0.4) is 0 Å². The van der Waals surface area contributed by atoms with Gasteiger partial charge < -0.3 is 20.3 Å². The summed E-state index contributed by atoms with van der Waals surface area (Å²) >= 11 is 6.11. The first-order valence-corrected chi connectivity index (χ1v) is 11.1. The van der Waals surface area contributed by atoms with Gasteiger partial charge in [-0.2, -0.15) is 0 Å². The number of carbonyl (C=O) groups is 3. The number of hydrogen-bond acceptors (Lipinski definition) is 4. The number of fused-ring (bicyclic) bond motifs is 1. The van der Waals surface area contributed by atoms with Crippen molar-refractivity contribution in [3.05, 3.63) is 64.7 Å². The summed E-state index contributed by atoms with van der Waals surface area (Å²) in [5.74, 6) is -0.277. The minimum absolute atomic E-state index is 0.0147. The Hall–Kier alpha value is -3.06. The summed E-state index contributed by atoms with van der Waals surface area (Å²) in [6.45, 7) is 2.48. The first-order valence-electron chi connectivity index (χ1n) is 10.7. The predicted molar refractivity (Wildman–Crippen MR) is 123 cm³/mol. The molecule has 0 bridgehead atoms. The molecule has 170 valence electrons. The molecule has 32 heavy (non-hydrogen) atoms. The highest BCUT2D eigenvalue weighted by Crippen LogP contribution is 2.23. The fourth-order valence-electron chi connectivity index (χ4n) is 3.57. The number of amides is 3. The van der Waals surface area contributed by atoms with E-state index in [1.165, 1.54) is 11.8 Å². The zero-order valence-corrected chi connectivity index (χ0v) is 18.9. The van der Waals surface area contributed by atoms with Gasteiger partial charge in [-0.3, -0.25) is 14.4 Å². The zero-order chi connectivity index (χ0) is 22.9. The molecule has 3 amide bonds. The van der Waals surface area contributed by atoms with Gasteiger partial charge in [-0.25, -0.2) is 0 Å². The van der Waals surface area contributed by atoms with Crippen molar-refractivity contribution in [1.29, 1.82) is 0 Å². The highest BCUT2D eigenvalue weighted by molar-refractivity contribution is 6.31. The normalized spacial score (nSPS) is 18.3. The van der Waals surface area contributed by atoms with E-state index in [-0.39, 0.29) is 36.9 Å². The largest absolute Gasteiger partial charge is 0.491 e. The minimum atomic E-state index is -0.351. The van der Waals surface area contributed by atoms with E-state index in [1.807, 2.05) is 30.3 Å². The van der Waals surface area contributed by atoms with E-state index in [4.69, 9.17) is 16.3 Å². The van der Waals surface area contributed by atoms with Crippen molar-refractivity contribution in [2.75, 3.05) is 26.2 Å². The van der Waals surface area contributed by atoms with Crippen molar-refractivity contribution in [3.8, 4) is 5.75 Å². The molecule has 1 heterocycles. The van der Waals surface area contributed by atoms with E-state index in [0.717, 1.165) is 5.56 Å². The molecule has 1 aliphatic rings. The van der Waals surface area contributed by atoms with Gasteiger partial charge in [-0.1, -0.05) is 41.9 Å². The quantitative estimate of drug-likeness (QED) is 0.725. The molecule has 1 atom stereocenters. The SMILES string of the molecule is CC(=O)N1CCCCNC(=O)c2cc(Cl)ccc2OC[C@@H](Cc2ccccc2)NC(=O)C1. The molecule has 2 aromatic carbocycles. The van der Waals surface area contributed by atoms with Crippen LogP contribution >= 0.6 is 11.6 Å². The van der Waals surface area contributed by atoms with Crippen molar-refractivity contribution < 1.29 is 19.1 Å². The Morgan fingerprint density at radius 2 is 1.94 bits per heavy atom. The van der Waals surface area contributed by atoms with E-state index in [1.54, 1.807) is 18.2 Å². The Bertz CT molecular complexity index is 952. The molecule has 2 aromatic rings. The Morgan fingerprint density at radius 1 is 1.16 bits per heavy atom. The van der Waals surface area contributed by atoms with Gasteiger partial charge in [0.1, 0.15) is 12.4 Å². The molecule has 0 saturated carbocycles. The molecule has 0 spiro atoms. The Kier molecular flexibility index (Phi) is 8.50. The maximum absolute atomic E-state index is 12.7. The molecule has 0 saturated heterocycles. The molecule has 0 aromatic heterocycles. The van der Waals surface area contributed by atoms with Crippen LogP contribution < -0.4 is 15.4 Å². The number of hydrogen-bond donors (Lipinski definition) is 2. The average molecular weight is 458 g/mol. The molecule has 8 heteroatoms. The van der Waals surface area contributed by atoms with Crippen LogP contribution in [0.4, 0.5) is 0 Å². The van der Waals surface area contributed by atoms with Crippen LogP contribution in [0.15, 0.2) is 48.5 Å². The van der Waals surface area contributed by atoms with E-state index in [2.05, 4.69) is 10.6 Å². The van der Waals surface area contributed by atoms with Crippen LogP contribution in [0.5, 0.6) is 5.75 Å². The first kappa shape index (κ1) is 23.6. The van der Waals surface area contributed by atoms with Crippen molar-refractivity contribution in [1.82, 2.24) is 15.5 Å². The lowest BCUT2D eigenvalue weighted by molar-refractivity contribution is -0.134.